The zero-order valence-electron chi connectivity index (χ0n) is 7.74. The van der Waals surface area contributed by atoms with E-state index in [2.05, 4.69) is 16.8 Å². The van der Waals surface area contributed by atoms with Crippen LogP contribution in [0, 0.1) is 11.8 Å². The molecule has 5 heteroatoms. The van der Waals surface area contributed by atoms with E-state index in [0.717, 1.165) is 0 Å². The molecule has 1 heterocycles. The molecule has 0 aliphatic carbocycles. The van der Waals surface area contributed by atoms with E-state index in [4.69, 9.17) is 10.5 Å². The van der Waals surface area contributed by atoms with E-state index in [9.17, 15) is 4.79 Å². The molecular formula is C9H10N2O2S. The molecule has 0 fully saturated rings. The van der Waals surface area contributed by atoms with Gasteiger partial charge in [-0.3, -0.25) is 0 Å². The topological polar surface area (TPSA) is 65.2 Å². The van der Waals surface area contributed by atoms with Crippen molar-refractivity contribution >= 4 is 17.3 Å². The first-order chi connectivity index (χ1) is 6.79. The molecule has 74 valence electrons. The molecule has 0 unspecified atom stereocenters. The monoisotopic (exact) mass is 210 g/mol. The molecule has 0 saturated heterocycles. The Kier molecular flexibility index (Phi) is 4.11. The lowest BCUT2D eigenvalue weighted by Crippen LogP contribution is -2.06. The number of hydrogen-bond donors (Lipinski definition) is 1. The van der Waals surface area contributed by atoms with Gasteiger partial charge in [-0.2, -0.15) is 0 Å². The Morgan fingerprint density at radius 3 is 3.21 bits per heavy atom. The molecule has 1 aromatic heterocycles. The summed E-state index contributed by atoms with van der Waals surface area (Å²) in [7, 11) is 0. The second kappa shape index (κ2) is 5.37. The van der Waals surface area contributed by atoms with Crippen LogP contribution in [0.3, 0.4) is 0 Å². The predicted molar refractivity (Wildman–Crippen MR) is 54.0 cm³/mol. The molecule has 0 radical (unpaired) electrons. The summed E-state index contributed by atoms with van der Waals surface area (Å²) < 4.78 is 4.81. The summed E-state index contributed by atoms with van der Waals surface area (Å²) in [6.45, 7) is 2.34. The molecule has 0 aromatic carbocycles. The number of hydrogen-bond acceptors (Lipinski definition) is 5. The fraction of sp³-hybridized carbons (Fsp3) is 0.333. The molecule has 0 aliphatic heterocycles. The average Bonchev–Trinajstić information content (AvgIpc) is 2.63. The summed E-state index contributed by atoms with van der Waals surface area (Å²) in [5.41, 5.74) is 7.06. The van der Waals surface area contributed by atoms with Gasteiger partial charge in [-0.1, -0.05) is 11.8 Å². The van der Waals surface area contributed by atoms with Crippen molar-refractivity contribution in [1.82, 2.24) is 4.98 Å². The Bertz CT molecular complexity index is 376. The Balaban J connectivity index is 2.87. The summed E-state index contributed by atoms with van der Waals surface area (Å²) in [5, 5.41) is 0. The highest BCUT2D eigenvalue weighted by Crippen LogP contribution is 2.12. The normalized spacial score (nSPS) is 9.00. The standard InChI is InChI=1S/C9H10N2O2S/c1-2-13-9(12)8-7(4-3-5-10)14-6-11-8/h6H,2,5,10H2,1H3. The van der Waals surface area contributed by atoms with Crippen molar-refractivity contribution in [3.63, 3.8) is 0 Å². The van der Waals surface area contributed by atoms with Gasteiger partial charge in [-0.05, 0) is 6.92 Å². The minimum Gasteiger partial charge on any atom is -0.461 e. The Morgan fingerprint density at radius 1 is 1.79 bits per heavy atom. The van der Waals surface area contributed by atoms with Crippen molar-refractivity contribution in [1.29, 1.82) is 0 Å². The third kappa shape index (κ3) is 2.55. The van der Waals surface area contributed by atoms with Crippen molar-refractivity contribution in [2.45, 2.75) is 6.92 Å². The van der Waals surface area contributed by atoms with Crippen LogP contribution >= 0.6 is 11.3 Å². The van der Waals surface area contributed by atoms with Crippen molar-refractivity contribution in [3.8, 4) is 11.8 Å². The second-order valence-corrected chi connectivity index (χ2v) is 3.11. The van der Waals surface area contributed by atoms with Gasteiger partial charge in [0.15, 0.2) is 5.69 Å². The summed E-state index contributed by atoms with van der Waals surface area (Å²) in [6.07, 6.45) is 0. The molecule has 0 bridgehead atoms. The fourth-order valence-electron chi connectivity index (χ4n) is 0.811. The van der Waals surface area contributed by atoms with Gasteiger partial charge >= 0.3 is 5.97 Å². The zero-order valence-corrected chi connectivity index (χ0v) is 8.56. The maximum Gasteiger partial charge on any atom is 0.359 e. The first-order valence-electron chi connectivity index (χ1n) is 4.09. The Hall–Kier alpha value is -1.38. The predicted octanol–water partition coefficient (Wildman–Crippen LogP) is 0.630. The third-order valence-electron chi connectivity index (χ3n) is 1.34. The van der Waals surface area contributed by atoms with Crippen LogP contribution in [0.25, 0.3) is 0 Å². The maximum absolute atomic E-state index is 11.3. The van der Waals surface area contributed by atoms with E-state index in [1.165, 1.54) is 11.3 Å². The third-order valence-corrected chi connectivity index (χ3v) is 2.08. The van der Waals surface area contributed by atoms with Gasteiger partial charge in [-0.15, -0.1) is 11.3 Å². The van der Waals surface area contributed by atoms with Gasteiger partial charge in [0.1, 0.15) is 4.88 Å². The average molecular weight is 210 g/mol. The number of ether oxygens (including phenoxy) is 1. The highest BCUT2D eigenvalue weighted by Gasteiger charge is 2.13. The largest absolute Gasteiger partial charge is 0.461 e. The van der Waals surface area contributed by atoms with Crippen molar-refractivity contribution in [3.05, 3.63) is 16.1 Å². The highest BCUT2D eigenvalue weighted by atomic mass is 32.1. The number of rotatable bonds is 2. The van der Waals surface area contributed by atoms with Crippen LogP contribution in [0.2, 0.25) is 0 Å². The van der Waals surface area contributed by atoms with Crippen molar-refractivity contribution < 1.29 is 9.53 Å². The molecule has 1 aromatic rings. The number of carbonyl (C=O) groups excluding carboxylic acids is 1. The molecule has 14 heavy (non-hydrogen) atoms. The lowest BCUT2D eigenvalue weighted by atomic mass is 10.3. The molecule has 1 rings (SSSR count). The highest BCUT2D eigenvalue weighted by molar-refractivity contribution is 7.10. The SMILES string of the molecule is CCOC(=O)c1ncsc1C#CCN. The number of carbonyl (C=O) groups is 1. The number of aromatic nitrogens is 1. The van der Waals surface area contributed by atoms with Gasteiger partial charge in [0.2, 0.25) is 0 Å². The molecule has 2 N–H and O–H groups in total. The van der Waals surface area contributed by atoms with E-state index in [0.29, 0.717) is 11.5 Å². The smallest absolute Gasteiger partial charge is 0.359 e. The van der Waals surface area contributed by atoms with Crippen LogP contribution in [-0.2, 0) is 4.74 Å². The summed E-state index contributed by atoms with van der Waals surface area (Å²) in [4.78, 5) is 15.8. The summed E-state index contributed by atoms with van der Waals surface area (Å²) in [6, 6.07) is 0. The van der Waals surface area contributed by atoms with Crippen LogP contribution in [-0.4, -0.2) is 24.1 Å². The van der Waals surface area contributed by atoms with E-state index in [-0.39, 0.29) is 12.2 Å². The Morgan fingerprint density at radius 2 is 2.57 bits per heavy atom. The van der Waals surface area contributed by atoms with Gasteiger partial charge in [-0.25, -0.2) is 9.78 Å². The summed E-state index contributed by atoms with van der Waals surface area (Å²) in [5.74, 6) is 5.01. The fourth-order valence-corrected chi connectivity index (χ4v) is 1.45. The zero-order chi connectivity index (χ0) is 10.4. The van der Waals surface area contributed by atoms with Crippen molar-refractivity contribution in [2.24, 2.45) is 5.73 Å². The minimum absolute atomic E-state index is 0.264. The molecule has 0 aliphatic rings. The quantitative estimate of drug-likeness (QED) is 0.574. The van der Waals surface area contributed by atoms with Gasteiger partial charge in [0, 0.05) is 0 Å². The number of nitrogens with zero attached hydrogens (tertiary/aromatic N) is 1. The van der Waals surface area contributed by atoms with Crippen LogP contribution in [0.4, 0.5) is 0 Å². The molecule has 0 spiro atoms. The van der Waals surface area contributed by atoms with E-state index in [1.54, 1.807) is 12.4 Å². The van der Waals surface area contributed by atoms with Crippen LogP contribution < -0.4 is 5.73 Å². The lowest BCUT2D eigenvalue weighted by molar-refractivity contribution is 0.0520. The second-order valence-electron chi connectivity index (χ2n) is 2.26. The Labute approximate surface area is 86.1 Å². The molecular weight excluding hydrogens is 200 g/mol. The molecule has 0 saturated carbocycles. The van der Waals surface area contributed by atoms with E-state index < -0.39 is 5.97 Å². The van der Waals surface area contributed by atoms with Crippen LogP contribution in [0.15, 0.2) is 5.51 Å². The van der Waals surface area contributed by atoms with Gasteiger partial charge < -0.3 is 10.5 Å². The molecule has 0 amide bonds. The van der Waals surface area contributed by atoms with E-state index in [1.807, 2.05) is 0 Å². The number of nitrogens with two attached hydrogens (primary N) is 1. The molecule has 4 nitrogen and oxygen atoms in total. The van der Waals surface area contributed by atoms with Gasteiger partial charge in [0.05, 0.1) is 18.7 Å². The van der Waals surface area contributed by atoms with Gasteiger partial charge in [0.25, 0.3) is 0 Å². The van der Waals surface area contributed by atoms with Crippen molar-refractivity contribution in [2.75, 3.05) is 13.2 Å². The first kappa shape index (κ1) is 10.7. The summed E-state index contributed by atoms with van der Waals surface area (Å²) >= 11 is 1.30. The molecule has 0 atom stereocenters. The van der Waals surface area contributed by atoms with Crippen LogP contribution in [0.5, 0.6) is 0 Å². The maximum atomic E-state index is 11.3. The first-order valence-corrected chi connectivity index (χ1v) is 4.97. The number of esters is 1. The number of thiazole rings is 1. The minimum atomic E-state index is -0.435. The van der Waals surface area contributed by atoms with Crippen LogP contribution in [0.1, 0.15) is 22.3 Å². The van der Waals surface area contributed by atoms with E-state index >= 15 is 0 Å². The lowest BCUT2D eigenvalue weighted by Gasteiger charge is -1.97.